The molecule has 2 unspecified atom stereocenters. The van der Waals surface area contributed by atoms with E-state index in [1.165, 1.54) is 99.7 Å². The summed E-state index contributed by atoms with van der Waals surface area (Å²) in [5, 5.41) is 85.1. The predicted molar refractivity (Wildman–Crippen MR) is 548 cm³/mol. The number of aliphatic hydroxyl groups is 3. The summed E-state index contributed by atoms with van der Waals surface area (Å²) in [6.07, 6.45) is -0.678. The van der Waals surface area contributed by atoms with Gasteiger partial charge in [-0.2, -0.15) is 0 Å². The fourth-order valence-corrected chi connectivity index (χ4v) is 18.7. The fraction of sp³-hybridized carbons (Fsp3) is 0.550. The number of aromatic amines is 1. The molecule has 16 amide bonds. The molecule has 2 aliphatic heterocycles. The van der Waals surface area contributed by atoms with Gasteiger partial charge in [-0.1, -0.05) is 120 Å². The SMILES string of the molecule is CCCC[C@@H](C(=O)N[C@@H](CC(C)C)C(=O)N[C@@H](CSCC(=O)N[C@@H](Cc1ccc(O)cc1)C(=O)N(C)[C@@H](C)C(=O)N[C@@H](CC(N)=O)C(=O)N1CCC[C@H]1C(=O)N[C@@H](CN(Cc1cccc(B(OC)OC)c1)C(C)O)C(=O)N[C@@H](CC(C)C)C(=O)N1C[C@H](O)C[C@H]1C(=O)N[C@@H](Cc1c[nH]c2ccccc12)C(=O)N[C@@H](CCNC)C(=O)N[C@@H](Cc1cn(CC(=O)O)c2ccccc12)C(=O)N(C)C)C(=O)NCC(N)=O)N(C)C(C)O. The molecule has 2 saturated heterocycles. The first-order valence-electron chi connectivity index (χ1n) is 49.3. The number of primary amides is 2. The van der Waals surface area contributed by atoms with Crippen LogP contribution < -0.4 is 75.4 Å². The van der Waals surface area contributed by atoms with E-state index in [0.717, 1.165) is 32.9 Å². The van der Waals surface area contributed by atoms with Crippen LogP contribution >= 0.6 is 11.8 Å². The van der Waals surface area contributed by atoms with Gasteiger partial charge in [0, 0.05) is 127 Å². The maximum absolute atomic E-state index is 15.7. The largest absolute Gasteiger partial charge is 0.508 e. The first-order chi connectivity index (χ1) is 69.6. The van der Waals surface area contributed by atoms with Gasteiger partial charge >= 0.3 is 13.1 Å². The molecule has 0 bridgehead atoms. The number of rotatable bonds is 59. The van der Waals surface area contributed by atoms with E-state index in [-0.39, 0.29) is 94.8 Å². The number of nitrogens with two attached hydrogens (primary N) is 2. The number of carboxylic acid groups (broad SMARTS) is 1. The van der Waals surface area contributed by atoms with Gasteiger partial charge in [-0.3, -0.25) is 91.3 Å². The number of likely N-dealkylation sites (N-methyl/N-ethyl adjacent to an activating group) is 3. The molecule has 21 N–H and O–H groups in total. The zero-order chi connectivity index (χ0) is 108. The molecule has 2 aliphatic rings. The molecule has 2 fully saturated rings. The minimum Gasteiger partial charge on any atom is -0.508 e. The Balaban J connectivity index is 1.03. The van der Waals surface area contributed by atoms with Crippen molar-refractivity contribution in [2.24, 2.45) is 23.3 Å². The summed E-state index contributed by atoms with van der Waals surface area (Å²) in [5.74, 6) is -16.6. The number of benzene rings is 4. The Kier molecular flexibility index (Phi) is 46.4. The van der Waals surface area contributed by atoms with Crippen LogP contribution in [0.3, 0.4) is 0 Å². The summed E-state index contributed by atoms with van der Waals surface area (Å²) in [5.41, 5.74) is 15.0. The van der Waals surface area contributed by atoms with E-state index in [4.69, 9.17) is 20.8 Å². The highest BCUT2D eigenvalue weighted by Gasteiger charge is 2.47. The standard InChI is InChI=1S/C100H146BN21O24S/c1-16-17-29-81(118(13)59(7)123)94(138)109-72(39-56(2)3)91(135)115-79(89(133)106-48-85(103)128)54-147-55-86(129)107-75(42-61-32-34-66(125)35-33-61)98(142)117(12)58(6)88(132)111-77(46-84(102)127)99(143)121-38-23-31-82(121)95(139)114-78(52-119(60(8)124)49-62-24-22-25-65(41-62)101(145-14)146-15)93(137)112-74(40-57(4)5)100(144)122-51-67(126)45-83(122)96(140)110-73(43-63-47-105-70-28-20-18-26-68(63)70)92(136)108-71(36-37-104-9)90(134)113-76(97(141)116(10)11)44-64-50-120(53-87(130)131)80-30-21-19-27-69(64)80/h18-22,24-28,30,32-35,41,47,50,56-60,67,71-79,81-83,104-105,123-126H,16-17,23,29,31,36-40,42-46,48-49,51-55H2,1-15H3,(H2,102,127)(H2,103,128)(H,106,133)(H,107,129)(H,108,136)(H,109,138)(H,110,140)(H,111,132)(H,112,137)(H,113,134)(H,114,139)(H,115,135)(H,130,131)/t58-,59?,60?,67+,71-,72-,73-,74-,75-,76-,77-,78-,79-,81-,82-,83-/m0/s1. The van der Waals surface area contributed by atoms with E-state index < -0.39 is 249 Å². The van der Waals surface area contributed by atoms with Gasteiger partial charge in [0.1, 0.15) is 97.3 Å². The maximum Gasteiger partial charge on any atom is 0.493 e. The fourth-order valence-electron chi connectivity index (χ4n) is 17.8. The molecule has 2 aromatic heterocycles. The number of H-pyrrole nitrogens is 1. The number of amides is 16. The van der Waals surface area contributed by atoms with Crippen LogP contribution in [0.5, 0.6) is 5.75 Å². The second kappa shape index (κ2) is 57.2. The van der Waals surface area contributed by atoms with Crippen molar-refractivity contribution in [3.8, 4) is 5.75 Å². The maximum atomic E-state index is 15.7. The zero-order valence-corrected chi connectivity index (χ0v) is 86.9. The monoisotopic (exact) mass is 2070 g/mol. The number of nitrogens with zero attached hydrogens (tertiary/aromatic N) is 7. The van der Waals surface area contributed by atoms with Crippen LogP contribution in [0, 0.1) is 11.8 Å². The highest BCUT2D eigenvalue weighted by Crippen LogP contribution is 2.29. The lowest BCUT2D eigenvalue weighted by molar-refractivity contribution is -0.145. The third kappa shape index (κ3) is 35.0. The molecule has 0 saturated carbocycles. The van der Waals surface area contributed by atoms with Crippen LogP contribution in [0.1, 0.15) is 142 Å². The number of aliphatic hydroxyl groups excluding tert-OH is 3. The lowest BCUT2D eigenvalue weighted by Gasteiger charge is -2.34. The Bertz CT molecular complexity index is 5550. The van der Waals surface area contributed by atoms with E-state index in [9.17, 15) is 78.3 Å². The lowest BCUT2D eigenvalue weighted by Crippen LogP contribution is -2.62. The Hall–Kier alpha value is -13.2. The van der Waals surface area contributed by atoms with Gasteiger partial charge in [-0.15, -0.1) is 11.8 Å². The quantitative estimate of drug-likeness (QED) is 0.0142. The second-order valence-electron chi connectivity index (χ2n) is 38.5. The average molecular weight is 2070 g/mol. The van der Waals surface area contributed by atoms with Gasteiger partial charge in [-0.25, -0.2) is 0 Å². The predicted octanol–water partition coefficient (Wildman–Crippen LogP) is -2.24. The molecular formula is C100H146BN21O24S. The van der Waals surface area contributed by atoms with Crippen molar-refractivity contribution in [3.05, 3.63) is 132 Å². The molecule has 47 heteroatoms. The molecule has 0 aliphatic carbocycles. The number of carboxylic acids is 1. The van der Waals surface area contributed by atoms with Crippen molar-refractivity contribution in [1.82, 2.24) is 97.4 Å². The van der Waals surface area contributed by atoms with Gasteiger partial charge in [-0.05, 0) is 144 Å². The summed E-state index contributed by atoms with van der Waals surface area (Å²) < 4.78 is 12.6. The van der Waals surface area contributed by atoms with E-state index >= 15 is 28.8 Å². The number of aromatic nitrogens is 2. The van der Waals surface area contributed by atoms with Crippen molar-refractivity contribution in [1.29, 1.82) is 0 Å². The van der Waals surface area contributed by atoms with E-state index in [2.05, 4.69) is 63.5 Å². The zero-order valence-electron chi connectivity index (χ0n) is 86.1. The number of nitrogens with one attached hydrogen (secondary N) is 12. The number of carbonyl (C=O) groups excluding carboxylic acids is 16. The molecule has 8 rings (SSSR count). The molecular weight excluding hydrogens is 1920 g/mol. The van der Waals surface area contributed by atoms with Gasteiger partial charge in [0.05, 0.1) is 30.9 Å². The Morgan fingerprint density at radius 1 is 0.585 bits per heavy atom. The van der Waals surface area contributed by atoms with E-state index in [1.807, 2.05) is 20.8 Å². The summed E-state index contributed by atoms with van der Waals surface area (Å²) in [4.78, 5) is 255. The Morgan fingerprint density at radius 2 is 1.17 bits per heavy atom. The topological polar surface area (TPSA) is 634 Å². The number of hydrogen-bond acceptors (Lipinski definition) is 27. The molecule has 16 atom stereocenters. The third-order valence-electron chi connectivity index (χ3n) is 25.8. The number of fused-ring (bicyclic) bond motifs is 2. The van der Waals surface area contributed by atoms with Gasteiger partial charge in [0.15, 0.2) is 0 Å². The number of carbonyl (C=O) groups is 17. The van der Waals surface area contributed by atoms with Crippen LogP contribution in [-0.2, 0) is 123 Å². The smallest absolute Gasteiger partial charge is 0.493 e. The molecule has 4 heterocycles. The number of para-hydroxylation sites is 2. The number of aromatic hydroxyl groups is 1. The number of β-amino-alcohol motifs (C(OH)–C–C–N with tert-alkyl or cyclic N) is 1. The average Bonchev–Trinajstić information content (AvgIpc) is 1.74. The first kappa shape index (κ1) is 119. The number of hydrogen-bond donors (Lipinski definition) is 19. The van der Waals surface area contributed by atoms with Crippen molar-refractivity contribution >= 4 is 147 Å². The second-order valence-corrected chi connectivity index (χ2v) is 39.5. The summed E-state index contributed by atoms with van der Waals surface area (Å²) in [6.45, 7) is 11.1. The van der Waals surface area contributed by atoms with Crippen LogP contribution in [0.15, 0.2) is 109 Å². The van der Waals surface area contributed by atoms with Crippen LogP contribution in [0.4, 0.5) is 0 Å². The number of thioether (sulfide) groups is 1. The molecule has 0 spiro atoms. The van der Waals surface area contributed by atoms with E-state index in [1.54, 1.807) is 113 Å². The number of phenols is 1. The van der Waals surface area contributed by atoms with Crippen LogP contribution in [-0.4, -0.2) is 363 Å². The number of aliphatic carboxylic acids is 1. The number of likely N-dealkylation sites (tertiary alicyclic amines) is 2. The highest BCUT2D eigenvalue weighted by molar-refractivity contribution is 8.00. The molecule has 804 valence electrons. The Labute approximate surface area is 859 Å². The minimum atomic E-state index is -1.83. The van der Waals surface area contributed by atoms with Crippen LogP contribution in [0.25, 0.3) is 21.8 Å². The highest BCUT2D eigenvalue weighted by atomic mass is 32.2. The van der Waals surface area contributed by atoms with Gasteiger partial charge in [0.25, 0.3) is 0 Å². The van der Waals surface area contributed by atoms with E-state index in [0.29, 0.717) is 62.4 Å². The Morgan fingerprint density at radius 3 is 1.80 bits per heavy atom. The van der Waals surface area contributed by atoms with Crippen molar-refractivity contribution < 1.29 is 116 Å². The normalized spacial score (nSPS) is 16.8. The van der Waals surface area contributed by atoms with Crippen molar-refractivity contribution in [2.75, 3.05) is 93.7 Å². The summed E-state index contributed by atoms with van der Waals surface area (Å²) >= 11 is 0.828. The lowest BCUT2D eigenvalue weighted by atomic mass is 9.78. The molecule has 45 nitrogen and oxygen atoms in total. The van der Waals surface area contributed by atoms with Crippen molar-refractivity contribution in [2.45, 2.75) is 249 Å². The van der Waals surface area contributed by atoms with Crippen molar-refractivity contribution in [3.63, 3.8) is 0 Å². The molecule has 147 heavy (non-hydrogen) atoms. The number of unbranched alkanes of at least 4 members (excludes halogenated alkanes) is 1. The third-order valence-corrected chi connectivity index (χ3v) is 26.9. The molecule has 6 aromatic rings. The van der Waals surface area contributed by atoms with Gasteiger partial charge < -0.3 is 134 Å². The minimum absolute atomic E-state index is 0.0512. The first-order valence-corrected chi connectivity index (χ1v) is 50.5. The summed E-state index contributed by atoms with van der Waals surface area (Å²) in [6, 6.07) is 7.79. The summed E-state index contributed by atoms with van der Waals surface area (Å²) in [7, 11) is 9.44. The molecule has 0 radical (unpaired) electrons. The number of phenolic OH excluding ortho intramolecular Hbond substituents is 1. The van der Waals surface area contributed by atoms with Gasteiger partial charge in [0.2, 0.25) is 94.5 Å². The molecule has 4 aromatic carbocycles. The van der Waals surface area contributed by atoms with Crippen LogP contribution in [0.2, 0.25) is 0 Å².